The SMILES string of the molecule is COc1cccc(COC(C)C(=O)N2CCN(CCOc3ccccc3Cl)CC2)c1. The van der Waals surface area contributed by atoms with Crippen molar-refractivity contribution in [2.45, 2.75) is 19.6 Å². The Morgan fingerprint density at radius 1 is 1.10 bits per heavy atom. The summed E-state index contributed by atoms with van der Waals surface area (Å²) in [6.45, 7) is 6.58. The summed E-state index contributed by atoms with van der Waals surface area (Å²) in [7, 11) is 1.63. The molecule has 162 valence electrons. The van der Waals surface area contributed by atoms with E-state index in [-0.39, 0.29) is 5.91 Å². The Bertz CT molecular complexity index is 824. The van der Waals surface area contributed by atoms with Gasteiger partial charge in [0, 0.05) is 32.7 Å². The molecule has 1 unspecified atom stereocenters. The average Bonchev–Trinajstić information content (AvgIpc) is 2.79. The molecule has 0 N–H and O–H groups in total. The Morgan fingerprint density at radius 2 is 1.87 bits per heavy atom. The van der Waals surface area contributed by atoms with Crippen LogP contribution in [0.1, 0.15) is 12.5 Å². The van der Waals surface area contributed by atoms with Crippen LogP contribution in [-0.4, -0.2) is 68.3 Å². The lowest BCUT2D eigenvalue weighted by Crippen LogP contribution is -2.52. The second-order valence-corrected chi connectivity index (χ2v) is 7.66. The van der Waals surface area contributed by atoms with E-state index in [4.69, 9.17) is 25.8 Å². The number of para-hydroxylation sites is 1. The summed E-state index contributed by atoms with van der Waals surface area (Å²) in [5, 5.41) is 0.621. The van der Waals surface area contributed by atoms with Gasteiger partial charge in [-0.1, -0.05) is 35.9 Å². The highest BCUT2D eigenvalue weighted by atomic mass is 35.5. The van der Waals surface area contributed by atoms with Gasteiger partial charge in [-0.05, 0) is 36.8 Å². The Hall–Kier alpha value is -2.28. The number of nitrogens with zero attached hydrogens (tertiary/aromatic N) is 2. The molecule has 0 bridgehead atoms. The number of methoxy groups -OCH3 is 1. The highest BCUT2D eigenvalue weighted by Gasteiger charge is 2.25. The lowest BCUT2D eigenvalue weighted by atomic mass is 10.2. The standard InChI is InChI=1S/C23H29ClN2O4/c1-18(30-17-19-6-5-7-20(16-19)28-2)23(27)26-12-10-25(11-13-26)14-15-29-22-9-4-3-8-21(22)24/h3-9,16,18H,10-15,17H2,1-2H3. The van der Waals surface area contributed by atoms with E-state index in [1.165, 1.54) is 0 Å². The lowest BCUT2D eigenvalue weighted by molar-refractivity contribution is -0.145. The van der Waals surface area contributed by atoms with Crippen LogP contribution < -0.4 is 9.47 Å². The maximum atomic E-state index is 12.7. The van der Waals surface area contributed by atoms with Crippen molar-refractivity contribution in [3.05, 3.63) is 59.1 Å². The summed E-state index contributed by atoms with van der Waals surface area (Å²) in [5.41, 5.74) is 0.984. The maximum Gasteiger partial charge on any atom is 0.251 e. The van der Waals surface area contributed by atoms with Crippen molar-refractivity contribution in [2.24, 2.45) is 0 Å². The number of halogens is 1. The van der Waals surface area contributed by atoms with Crippen molar-refractivity contribution >= 4 is 17.5 Å². The normalized spacial score (nSPS) is 15.6. The zero-order valence-corrected chi connectivity index (χ0v) is 18.3. The number of carbonyl (C=O) groups excluding carboxylic acids is 1. The van der Waals surface area contributed by atoms with Crippen molar-refractivity contribution in [3.8, 4) is 11.5 Å². The Labute approximate surface area is 183 Å². The zero-order valence-electron chi connectivity index (χ0n) is 17.6. The molecule has 6 nitrogen and oxygen atoms in total. The fourth-order valence-corrected chi connectivity index (χ4v) is 3.54. The van der Waals surface area contributed by atoms with E-state index in [1.54, 1.807) is 7.11 Å². The fraction of sp³-hybridized carbons (Fsp3) is 0.435. The third kappa shape index (κ3) is 6.36. The van der Waals surface area contributed by atoms with Crippen molar-refractivity contribution in [2.75, 3.05) is 46.4 Å². The first-order valence-electron chi connectivity index (χ1n) is 10.2. The molecule has 2 aromatic carbocycles. The second-order valence-electron chi connectivity index (χ2n) is 7.25. The van der Waals surface area contributed by atoms with Crippen LogP contribution in [0.25, 0.3) is 0 Å². The molecule has 1 saturated heterocycles. The van der Waals surface area contributed by atoms with Crippen LogP contribution in [0.5, 0.6) is 11.5 Å². The van der Waals surface area contributed by atoms with E-state index in [9.17, 15) is 4.79 Å². The van der Waals surface area contributed by atoms with Crippen LogP contribution in [-0.2, 0) is 16.1 Å². The van der Waals surface area contributed by atoms with E-state index >= 15 is 0 Å². The van der Waals surface area contributed by atoms with E-state index in [2.05, 4.69) is 4.90 Å². The zero-order chi connectivity index (χ0) is 21.3. The molecule has 0 spiro atoms. The van der Waals surface area contributed by atoms with Gasteiger partial charge in [0.05, 0.1) is 18.7 Å². The van der Waals surface area contributed by atoms with Gasteiger partial charge < -0.3 is 19.1 Å². The van der Waals surface area contributed by atoms with Gasteiger partial charge in [0.2, 0.25) is 0 Å². The van der Waals surface area contributed by atoms with Crippen molar-refractivity contribution in [3.63, 3.8) is 0 Å². The smallest absolute Gasteiger partial charge is 0.251 e. The minimum atomic E-state index is -0.480. The van der Waals surface area contributed by atoms with Gasteiger partial charge in [-0.2, -0.15) is 0 Å². The molecule has 0 aromatic heterocycles. The fourth-order valence-electron chi connectivity index (χ4n) is 3.35. The molecule has 0 radical (unpaired) electrons. The number of hydrogen-bond acceptors (Lipinski definition) is 5. The molecule has 1 heterocycles. The molecule has 30 heavy (non-hydrogen) atoms. The molecule has 0 saturated carbocycles. The second kappa shape index (κ2) is 11.2. The summed E-state index contributed by atoms with van der Waals surface area (Å²) in [4.78, 5) is 16.9. The molecule has 7 heteroatoms. The first-order chi connectivity index (χ1) is 14.6. The number of rotatable bonds is 9. The molecule has 1 fully saturated rings. The Balaban J connectivity index is 1.37. The summed E-state index contributed by atoms with van der Waals surface area (Å²) < 4.78 is 16.8. The minimum Gasteiger partial charge on any atom is -0.497 e. The van der Waals surface area contributed by atoms with Crippen molar-refractivity contribution < 1.29 is 19.0 Å². The van der Waals surface area contributed by atoms with Gasteiger partial charge in [-0.15, -0.1) is 0 Å². The molecular weight excluding hydrogens is 404 g/mol. The summed E-state index contributed by atoms with van der Waals surface area (Å²) in [6, 6.07) is 15.2. The number of carbonyl (C=O) groups is 1. The monoisotopic (exact) mass is 432 g/mol. The summed E-state index contributed by atoms with van der Waals surface area (Å²) in [5.74, 6) is 1.52. The predicted octanol–water partition coefficient (Wildman–Crippen LogP) is 3.48. The highest BCUT2D eigenvalue weighted by Crippen LogP contribution is 2.23. The van der Waals surface area contributed by atoms with Crippen LogP contribution in [0.15, 0.2) is 48.5 Å². The van der Waals surface area contributed by atoms with E-state index < -0.39 is 6.10 Å². The predicted molar refractivity (Wildman–Crippen MR) is 117 cm³/mol. The largest absolute Gasteiger partial charge is 0.497 e. The molecule has 3 rings (SSSR count). The third-order valence-corrected chi connectivity index (χ3v) is 5.48. The third-order valence-electron chi connectivity index (χ3n) is 5.17. The molecule has 2 aromatic rings. The maximum absolute atomic E-state index is 12.7. The van der Waals surface area contributed by atoms with Gasteiger partial charge in [-0.25, -0.2) is 0 Å². The Kier molecular flexibility index (Phi) is 8.37. The summed E-state index contributed by atoms with van der Waals surface area (Å²) in [6.07, 6.45) is -0.480. The highest BCUT2D eigenvalue weighted by molar-refractivity contribution is 6.32. The quantitative estimate of drug-likeness (QED) is 0.607. The molecular formula is C23H29ClN2O4. The van der Waals surface area contributed by atoms with E-state index in [1.807, 2.05) is 60.4 Å². The van der Waals surface area contributed by atoms with Gasteiger partial charge in [0.15, 0.2) is 0 Å². The van der Waals surface area contributed by atoms with Crippen LogP contribution in [0, 0.1) is 0 Å². The van der Waals surface area contributed by atoms with E-state index in [0.717, 1.165) is 30.9 Å². The first kappa shape index (κ1) is 22.4. The number of hydrogen-bond donors (Lipinski definition) is 0. The van der Waals surface area contributed by atoms with Crippen molar-refractivity contribution in [1.29, 1.82) is 0 Å². The topological polar surface area (TPSA) is 51.2 Å². The van der Waals surface area contributed by atoms with Crippen LogP contribution in [0.2, 0.25) is 5.02 Å². The molecule has 1 aliphatic rings. The molecule has 1 atom stereocenters. The van der Waals surface area contributed by atoms with Gasteiger partial charge in [0.25, 0.3) is 5.91 Å². The Morgan fingerprint density at radius 3 is 2.60 bits per heavy atom. The number of ether oxygens (including phenoxy) is 3. The summed E-state index contributed by atoms with van der Waals surface area (Å²) >= 11 is 6.11. The molecule has 1 aliphatic heterocycles. The molecule has 1 amide bonds. The number of benzene rings is 2. The van der Waals surface area contributed by atoms with Gasteiger partial charge in [-0.3, -0.25) is 9.69 Å². The number of amides is 1. The number of piperazine rings is 1. The first-order valence-corrected chi connectivity index (χ1v) is 10.6. The van der Waals surface area contributed by atoms with Gasteiger partial charge >= 0.3 is 0 Å². The minimum absolute atomic E-state index is 0.0323. The average molecular weight is 433 g/mol. The van der Waals surface area contributed by atoms with Crippen LogP contribution in [0.4, 0.5) is 0 Å². The van der Waals surface area contributed by atoms with Crippen LogP contribution >= 0.6 is 11.6 Å². The molecule has 0 aliphatic carbocycles. The van der Waals surface area contributed by atoms with Crippen molar-refractivity contribution in [1.82, 2.24) is 9.80 Å². The van der Waals surface area contributed by atoms with E-state index in [0.29, 0.717) is 37.1 Å². The van der Waals surface area contributed by atoms with Crippen LogP contribution in [0.3, 0.4) is 0 Å². The van der Waals surface area contributed by atoms with Gasteiger partial charge in [0.1, 0.15) is 24.2 Å². The lowest BCUT2D eigenvalue weighted by Gasteiger charge is -2.35.